The van der Waals surface area contributed by atoms with Gasteiger partial charge in [-0.05, 0) is 57.7 Å². The molecule has 1 aromatic heterocycles. The monoisotopic (exact) mass is 694 g/mol. The molecule has 8 rings (SSSR count). The fourth-order valence-electron chi connectivity index (χ4n) is 7.37. The number of aromatic nitrogens is 4. The number of ether oxygens (including phenoxy) is 1. The Bertz CT molecular complexity index is 2260. The molecule has 53 heavy (non-hydrogen) atoms. The van der Waals surface area contributed by atoms with Crippen LogP contribution in [0, 0.1) is 0 Å². The van der Waals surface area contributed by atoms with Crippen LogP contribution in [0.3, 0.4) is 0 Å². The van der Waals surface area contributed by atoms with Gasteiger partial charge in [0.15, 0.2) is 5.54 Å². The van der Waals surface area contributed by atoms with Gasteiger partial charge in [-0.1, -0.05) is 158 Å². The first-order chi connectivity index (χ1) is 26.1. The number of esters is 1. The molecule has 1 N–H and O–H groups in total. The molecule has 1 unspecified atom stereocenters. The number of allylic oxidation sites excluding steroid dienone is 1. The second kappa shape index (κ2) is 14.5. The van der Waals surface area contributed by atoms with Crippen molar-refractivity contribution in [1.82, 2.24) is 25.6 Å². The average Bonchev–Trinajstić information content (AvgIpc) is 3.85. The van der Waals surface area contributed by atoms with Gasteiger partial charge in [0, 0.05) is 12.0 Å². The smallest absolute Gasteiger partial charge is 0.337 e. The highest BCUT2D eigenvalue weighted by molar-refractivity contribution is 5.92. The number of benzene rings is 6. The Kier molecular flexibility index (Phi) is 9.19. The Morgan fingerprint density at radius 2 is 1.19 bits per heavy atom. The SMILES string of the molecule is COC(=O)C1=C(Cc2ccc(-c3ccccc3-c3nnn(C(c4ccccc4)(c4ccccc4)c4ccccc4)n3)cc2)N(c2ccccc2)NC1C. The van der Waals surface area contributed by atoms with Crippen molar-refractivity contribution >= 4 is 11.7 Å². The van der Waals surface area contributed by atoms with E-state index in [9.17, 15) is 4.79 Å². The van der Waals surface area contributed by atoms with Gasteiger partial charge in [0.2, 0.25) is 5.82 Å². The van der Waals surface area contributed by atoms with Crippen molar-refractivity contribution in [3.63, 3.8) is 0 Å². The Balaban J connectivity index is 1.17. The molecule has 0 saturated heterocycles. The van der Waals surface area contributed by atoms with E-state index >= 15 is 0 Å². The van der Waals surface area contributed by atoms with Crippen LogP contribution >= 0.6 is 0 Å². The zero-order chi connectivity index (χ0) is 36.2. The van der Waals surface area contributed by atoms with Crippen LogP contribution in [-0.4, -0.2) is 39.3 Å². The number of methoxy groups -OCH3 is 1. The number of nitrogens with one attached hydrogen (secondary N) is 1. The highest BCUT2D eigenvalue weighted by Crippen LogP contribution is 2.40. The Morgan fingerprint density at radius 3 is 1.74 bits per heavy atom. The lowest BCUT2D eigenvalue weighted by molar-refractivity contribution is -0.136. The van der Waals surface area contributed by atoms with Gasteiger partial charge in [-0.15, -0.1) is 15.0 Å². The fraction of sp³-hybridized carbons (Fsp3) is 0.111. The molecule has 0 saturated carbocycles. The molecule has 0 spiro atoms. The third-order valence-electron chi connectivity index (χ3n) is 9.85. The normalized spacial score (nSPS) is 14.4. The molecule has 0 bridgehead atoms. The predicted octanol–water partition coefficient (Wildman–Crippen LogP) is 8.23. The van der Waals surface area contributed by atoms with E-state index in [1.165, 1.54) is 7.11 Å². The minimum absolute atomic E-state index is 0.200. The minimum Gasteiger partial charge on any atom is -0.466 e. The second-order valence-electron chi connectivity index (χ2n) is 13.0. The molecule has 260 valence electrons. The summed E-state index contributed by atoms with van der Waals surface area (Å²) < 4.78 is 5.20. The number of para-hydroxylation sites is 1. The van der Waals surface area contributed by atoms with E-state index in [0.717, 1.165) is 50.3 Å². The summed E-state index contributed by atoms with van der Waals surface area (Å²) in [5.41, 5.74) is 12.0. The van der Waals surface area contributed by atoms with Crippen molar-refractivity contribution in [1.29, 1.82) is 0 Å². The van der Waals surface area contributed by atoms with Crippen molar-refractivity contribution in [3.05, 3.63) is 203 Å². The zero-order valence-electron chi connectivity index (χ0n) is 29.5. The predicted molar refractivity (Wildman–Crippen MR) is 208 cm³/mol. The number of hydrazine groups is 1. The van der Waals surface area contributed by atoms with E-state index in [4.69, 9.17) is 20.1 Å². The van der Waals surface area contributed by atoms with E-state index < -0.39 is 5.54 Å². The first kappa shape index (κ1) is 33.5. The third kappa shape index (κ3) is 6.19. The summed E-state index contributed by atoms with van der Waals surface area (Å²) in [6.07, 6.45) is 0.537. The van der Waals surface area contributed by atoms with E-state index in [-0.39, 0.29) is 12.0 Å². The van der Waals surface area contributed by atoms with Gasteiger partial charge in [-0.2, -0.15) is 0 Å². The highest BCUT2D eigenvalue weighted by Gasteiger charge is 2.41. The second-order valence-corrected chi connectivity index (χ2v) is 13.0. The Hall–Kier alpha value is -6.64. The van der Waals surface area contributed by atoms with E-state index in [2.05, 4.69) is 72.2 Å². The van der Waals surface area contributed by atoms with Crippen LogP contribution in [0.2, 0.25) is 0 Å². The Morgan fingerprint density at radius 1 is 0.679 bits per heavy atom. The number of carbonyl (C=O) groups is 1. The van der Waals surface area contributed by atoms with E-state index in [1.807, 2.05) is 115 Å². The van der Waals surface area contributed by atoms with Crippen LogP contribution in [0.4, 0.5) is 5.69 Å². The molecule has 1 aliphatic rings. The van der Waals surface area contributed by atoms with Gasteiger partial charge in [0.05, 0.1) is 30.1 Å². The van der Waals surface area contributed by atoms with E-state index in [1.54, 1.807) is 4.80 Å². The van der Waals surface area contributed by atoms with Crippen molar-refractivity contribution in [2.24, 2.45) is 0 Å². The van der Waals surface area contributed by atoms with Crippen LogP contribution in [0.5, 0.6) is 0 Å². The van der Waals surface area contributed by atoms with Crippen LogP contribution in [0.25, 0.3) is 22.5 Å². The summed E-state index contributed by atoms with van der Waals surface area (Å²) in [5, 5.41) is 16.6. The molecule has 0 fully saturated rings. The van der Waals surface area contributed by atoms with Gasteiger partial charge >= 0.3 is 5.97 Å². The maximum absolute atomic E-state index is 13.0. The summed E-state index contributed by atoms with van der Waals surface area (Å²) >= 11 is 0. The molecule has 8 nitrogen and oxygen atoms in total. The van der Waals surface area contributed by atoms with Gasteiger partial charge in [-0.3, -0.25) is 5.01 Å². The van der Waals surface area contributed by atoms with Crippen LogP contribution < -0.4 is 10.4 Å². The average molecular weight is 695 g/mol. The molecule has 1 atom stereocenters. The van der Waals surface area contributed by atoms with Gasteiger partial charge in [-0.25, -0.2) is 10.2 Å². The third-order valence-corrected chi connectivity index (χ3v) is 9.85. The molecule has 0 radical (unpaired) electrons. The van der Waals surface area contributed by atoms with Crippen LogP contribution in [0.15, 0.2) is 181 Å². The summed E-state index contributed by atoms with van der Waals surface area (Å²) in [6, 6.07) is 57.4. The topological polar surface area (TPSA) is 85.2 Å². The molecule has 1 aliphatic heterocycles. The quantitative estimate of drug-likeness (QED) is 0.114. The summed E-state index contributed by atoms with van der Waals surface area (Å²) in [6.45, 7) is 1.98. The molecule has 7 aromatic rings. The molecular weight excluding hydrogens is 657 g/mol. The largest absolute Gasteiger partial charge is 0.466 e. The van der Waals surface area contributed by atoms with Crippen molar-refractivity contribution < 1.29 is 9.53 Å². The molecular formula is C45H38N6O2. The van der Waals surface area contributed by atoms with Crippen LogP contribution in [0.1, 0.15) is 29.2 Å². The Labute approximate surface area is 309 Å². The lowest BCUT2D eigenvalue weighted by Crippen LogP contribution is -2.39. The van der Waals surface area contributed by atoms with E-state index in [0.29, 0.717) is 17.8 Å². The summed E-state index contributed by atoms with van der Waals surface area (Å²) in [5.74, 6) is 0.189. The summed E-state index contributed by atoms with van der Waals surface area (Å²) in [4.78, 5) is 14.7. The number of nitrogens with zero attached hydrogens (tertiary/aromatic N) is 5. The maximum Gasteiger partial charge on any atom is 0.337 e. The molecule has 0 amide bonds. The van der Waals surface area contributed by atoms with Gasteiger partial charge in [0.1, 0.15) is 0 Å². The van der Waals surface area contributed by atoms with Crippen molar-refractivity contribution in [2.45, 2.75) is 24.9 Å². The van der Waals surface area contributed by atoms with Crippen molar-refractivity contribution in [2.75, 3.05) is 12.1 Å². The first-order valence-corrected chi connectivity index (χ1v) is 17.7. The van der Waals surface area contributed by atoms with Gasteiger partial charge < -0.3 is 4.74 Å². The van der Waals surface area contributed by atoms with Crippen molar-refractivity contribution in [3.8, 4) is 22.5 Å². The lowest BCUT2D eigenvalue weighted by Gasteiger charge is -2.34. The number of carbonyl (C=O) groups excluding carboxylic acids is 1. The maximum atomic E-state index is 13.0. The first-order valence-electron chi connectivity index (χ1n) is 17.7. The van der Waals surface area contributed by atoms with Crippen LogP contribution in [-0.2, 0) is 21.5 Å². The molecule has 6 aromatic carbocycles. The fourth-order valence-corrected chi connectivity index (χ4v) is 7.37. The zero-order valence-corrected chi connectivity index (χ0v) is 29.5. The number of hydrogen-bond acceptors (Lipinski definition) is 7. The number of hydrogen-bond donors (Lipinski definition) is 1. The number of rotatable bonds is 10. The minimum atomic E-state index is -0.871. The number of tetrazole rings is 1. The highest BCUT2D eigenvalue weighted by atomic mass is 16.5. The number of anilines is 1. The molecule has 2 heterocycles. The molecule has 8 heteroatoms. The lowest BCUT2D eigenvalue weighted by atomic mass is 9.77. The van der Waals surface area contributed by atoms with Gasteiger partial charge in [0.25, 0.3) is 0 Å². The summed E-state index contributed by atoms with van der Waals surface area (Å²) in [7, 11) is 1.43. The standard InChI is InChI=1S/C45H38N6O2/c1-32-42(44(52)53-2)41(50(47-32)38-23-13-6-14-24-38)31-33-27-29-34(30-28-33)39-25-15-16-26-40(39)43-46-49-51(48-43)45(35-17-7-3-8-18-35,36-19-9-4-10-20-36)37-21-11-5-12-22-37/h3-30,32,47H,31H2,1-2H3. The molecule has 0 aliphatic carbocycles.